The number of para-hydroxylation sites is 1. The molecule has 0 fully saturated rings. The van der Waals surface area contributed by atoms with Crippen molar-refractivity contribution in [3.63, 3.8) is 0 Å². The highest BCUT2D eigenvalue weighted by atomic mass is 32.2. The standard InChI is InChI=1S/C23H24N6O2S2/c1-14-10-11-17(12-15(14)2)24-22-26-27-23(33-22)32-13-19(30)25-20-16(3)28(4)29(21(20)31)18-8-6-5-7-9-18/h5-12H,13H2,1-4H3,(H,24,26)(H,25,30). The number of aryl methyl sites for hydroxylation is 2. The third kappa shape index (κ3) is 5.01. The third-order valence-corrected chi connectivity index (χ3v) is 7.28. The molecule has 0 bridgehead atoms. The first-order chi connectivity index (χ1) is 15.8. The highest BCUT2D eigenvalue weighted by Crippen LogP contribution is 2.28. The highest BCUT2D eigenvalue weighted by molar-refractivity contribution is 8.01. The molecule has 2 aromatic heterocycles. The predicted molar refractivity (Wildman–Crippen MR) is 134 cm³/mol. The van der Waals surface area contributed by atoms with Gasteiger partial charge >= 0.3 is 0 Å². The van der Waals surface area contributed by atoms with Crippen LogP contribution in [0.4, 0.5) is 16.5 Å². The minimum Gasteiger partial charge on any atom is -0.330 e. The summed E-state index contributed by atoms with van der Waals surface area (Å²) < 4.78 is 3.94. The lowest BCUT2D eigenvalue weighted by atomic mass is 10.1. The van der Waals surface area contributed by atoms with Crippen LogP contribution in [0.25, 0.3) is 5.69 Å². The zero-order chi connectivity index (χ0) is 23.5. The maximum atomic E-state index is 12.9. The van der Waals surface area contributed by atoms with Gasteiger partial charge in [0.15, 0.2) is 4.34 Å². The smallest absolute Gasteiger partial charge is 0.295 e. The molecule has 0 unspecified atom stereocenters. The first-order valence-corrected chi connectivity index (χ1v) is 12.1. The summed E-state index contributed by atoms with van der Waals surface area (Å²) in [6, 6.07) is 15.4. The van der Waals surface area contributed by atoms with E-state index in [-0.39, 0.29) is 22.9 Å². The summed E-state index contributed by atoms with van der Waals surface area (Å²) in [5.41, 5.74) is 4.79. The summed E-state index contributed by atoms with van der Waals surface area (Å²) in [7, 11) is 1.79. The lowest BCUT2D eigenvalue weighted by Gasteiger charge is -2.07. The van der Waals surface area contributed by atoms with Crippen molar-refractivity contribution in [2.24, 2.45) is 7.05 Å². The van der Waals surface area contributed by atoms with Crippen molar-refractivity contribution in [3.05, 3.63) is 75.7 Å². The van der Waals surface area contributed by atoms with E-state index in [1.807, 2.05) is 36.4 Å². The fourth-order valence-electron chi connectivity index (χ4n) is 3.28. The van der Waals surface area contributed by atoms with E-state index in [1.54, 1.807) is 18.7 Å². The molecule has 2 aromatic carbocycles. The van der Waals surface area contributed by atoms with Crippen molar-refractivity contribution in [2.75, 3.05) is 16.4 Å². The second-order valence-corrected chi connectivity index (χ2v) is 9.77. The zero-order valence-electron chi connectivity index (χ0n) is 18.7. The molecule has 0 saturated heterocycles. The number of anilines is 3. The van der Waals surface area contributed by atoms with Gasteiger partial charge in [0.2, 0.25) is 11.0 Å². The molecule has 8 nitrogen and oxygen atoms in total. The summed E-state index contributed by atoms with van der Waals surface area (Å²) in [6.07, 6.45) is 0. The molecule has 0 saturated carbocycles. The van der Waals surface area contributed by atoms with Crippen molar-refractivity contribution in [1.82, 2.24) is 19.6 Å². The number of benzene rings is 2. The minimum absolute atomic E-state index is 0.122. The second kappa shape index (κ2) is 9.63. The number of rotatable bonds is 7. The lowest BCUT2D eigenvalue weighted by Crippen LogP contribution is -2.23. The van der Waals surface area contributed by atoms with Crippen molar-refractivity contribution in [2.45, 2.75) is 25.1 Å². The van der Waals surface area contributed by atoms with Gasteiger partial charge in [0.05, 0.1) is 17.1 Å². The van der Waals surface area contributed by atoms with Crippen LogP contribution in [0.1, 0.15) is 16.8 Å². The van der Waals surface area contributed by atoms with E-state index in [9.17, 15) is 9.59 Å². The summed E-state index contributed by atoms with van der Waals surface area (Å²) in [6.45, 7) is 5.93. The Balaban J connectivity index is 1.39. The van der Waals surface area contributed by atoms with Crippen LogP contribution in [0.5, 0.6) is 0 Å². The van der Waals surface area contributed by atoms with Crippen LogP contribution in [0.2, 0.25) is 0 Å². The van der Waals surface area contributed by atoms with Crippen molar-refractivity contribution in [3.8, 4) is 5.69 Å². The fraction of sp³-hybridized carbons (Fsp3) is 0.217. The van der Waals surface area contributed by atoms with Gasteiger partial charge in [0.25, 0.3) is 5.56 Å². The second-order valence-electron chi connectivity index (χ2n) is 7.57. The Morgan fingerprint density at radius 3 is 2.55 bits per heavy atom. The first kappa shape index (κ1) is 22.8. The van der Waals surface area contributed by atoms with Gasteiger partial charge in [0, 0.05) is 12.7 Å². The molecule has 33 heavy (non-hydrogen) atoms. The van der Waals surface area contributed by atoms with Crippen LogP contribution < -0.4 is 16.2 Å². The Hall–Kier alpha value is -3.37. The molecule has 0 atom stereocenters. The Labute approximate surface area is 199 Å². The van der Waals surface area contributed by atoms with Crippen molar-refractivity contribution < 1.29 is 4.79 Å². The molecule has 2 N–H and O–H groups in total. The number of nitrogens with zero attached hydrogens (tertiary/aromatic N) is 4. The van der Waals surface area contributed by atoms with Gasteiger partial charge in [-0.1, -0.05) is 47.4 Å². The molecule has 10 heteroatoms. The molecule has 0 aliphatic carbocycles. The van der Waals surface area contributed by atoms with E-state index in [0.29, 0.717) is 15.2 Å². The number of thioether (sulfide) groups is 1. The van der Waals surface area contributed by atoms with Gasteiger partial charge in [-0.15, -0.1) is 10.2 Å². The number of nitrogens with one attached hydrogen (secondary N) is 2. The lowest BCUT2D eigenvalue weighted by molar-refractivity contribution is -0.113. The summed E-state index contributed by atoms with van der Waals surface area (Å²) in [5.74, 6) is -0.151. The van der Waals surface area contributed by atoms with Crippen molar-refractivity contribution in [1.29, 1.82) is 0 Å². The highest BCUT2D eigenvalue weighted by Gasteiger charge is 2.18. The number of aromatic nitrogens is 4. The number of hydrogen-bond acceptors (Lipinski definition) is 7. The van der Waals surface area contributed by atoms with Crippen molar-refractivity contribution >= 4 is 45.5 Å². The van der Waals surface area contributed by atoms with Crippen LogP contribution in [0.3, 0.4) is 0 Å². The molecule has 1 amide bonds. The van der Waals surface area contributed by atoms with Gasteiger partial charge in [-0.2, -0.15) is 0 Å². The monoisotopic (exact) mass is 480 g/mol. The average Bonchev–Trinajstić information content (AvgIpc) is 3.33. The van der Waals surface area contributed by atoms with Crippen LogP contribution in [-0.4, -0.2) is 31.2 Å². The predicted octanol–water partition coefficient (Wildman–Crippen LogP) is 4.43. The quantitative estimate of drug-likeness (QED) is 0.380. The number of carbonyl (C=O) groups is 1. The van der Waals surface area contributed by atoms with E-state index < -0.39 is 0 Å². The van der Waals surface area contributed by atoms with E-state index in [2.05, 4.69) is 46.8 Å². The number of hydrogen-bond donors (Lipinski definition) is 2. The molecule has 4 rings (SSSR count). The van der Waals surface area contributed by atoms with Gasteiger partial charge < -0.3 is 10.6 Å². The molecular formula is C23H24N6O2S2. The maximum absolute atomic E-state index is 12.9. The maximum Gasteiger partial charge on any atom is 0.295 e. The molecule has 2 heterocycles. The number of carbonyl (C=O) groups excluding carboxylic acids is 1. The van der Waals surface area contributed by atoms with Gasteiger partial charge in [-0.25, -0.2) is 4.68 Å². The van der Waals surface area contributed by atoms with Gasteiger partial charge in [-0.05, 0) is 56.2 Å². The molecule has 170 valence electrons. The van der Waals surface area contributed by atoms with Crippen LogP contribution in [0, 0.1) is 20.8 Å². The number of amides is 1. The van der Waals surface area contributed by atoms with Crippen LogP contribution >= 0.6 is 23.1 Å². The largest absolute Gasteiger partial charge is 0.330 e. The molecule has 0 aliphatic heterocycles. The van der Waals surface area contributed by atoms with Gasteiger partial charge in [0.1, 0.15) is 5.69 Å². The van der Waals surface area contributed by atoms with Crippen LogP contribution in [0.15, 0.2) is 57.7 Å². The van der Waals surface area contributed by atoms with E-state index >= 15 is 0 Å². The fourth-order valence-corrected chi connectivity index (χ4v) is 4.85. The summed E-state index contributed by atoms with van der Waals surface area (Å²) >= 11 is 2.66. The summed E-state index contributed by atoms with van der Waals surface area (Å²) in [5, 5.41) is 15.0. The molecule has 0 aliphatic rings. The average molecular weight is 481 g/mol. The van der Waals surface area contributed by atoms with E-state index in [0.717, 1.165) is 11.4 Å². The van der Waals surface area contributed by atoms with E-state index in [4.69, 9.17) is 0 Å². The Morgan fingerprint density at radius 2 is 1.82 bits per heavy atom. The van der Waals surface area contributed by atoms with Gasteiger partial charge in [-0.3, -0.25) is 14.3 Å². The normalized spacial score (nSPS) is 10.9. The topological polar surface area (TPSA) is 93.8 Å². The zero-order valence-corrected chi connectivity index (χ0v) is 20.4. The first-order valence-electron chi connectivity index (χ1n) is 10.3. The SMILES string of the molecule is Cc1ccc(Nc2nnc(SCC(=O)Nc3c(C)n(C)n(-c4ccccc4)c3=O)s2)cc1C. The summed E-state index contributed by atoms with van der Waals surface area (Å²) in [4.78, 5) is 25.5. The Morgan fingerprint density at radius 1 is 1.06 bits per heavy atom. The Bertz CT molecular complexity index is 1360. The van der Waals surface area contributed by atoms with Crippen LogP contribution in [-0.2, 0) is 11.8 Å². The molecular weight excluding hydrogens is 456 g/mol. The Kier molecular flexibility index (Phi) is 6.66. The molecule has 0 spiro atoms. The molecule has 4 aromatic rings. The third-order valence-electron chi connectivity index (χ3n) is 5.31. The van der Waals surface area contributed by atoms with E-state index in [1.165, 1.54) is 38.9 Å². The molecule has 0 radical (unpaired) electrons. The minimum atomic E-state index is -0.273.